The molecule has 138 valence electrons. The summed E-state index contributed by atoms with van der Waals surface area (Å²) in [4.78, 5) is 17.7. The van der Waals surface area contributed by atoms with Gasteiger partial charge in [0.2, 0.25) is 5.95 Å². The normalized spacial score (nSPS) is 22.3. The van der Waals surface area contributed by atoms with Crippen molar-refractivity contribution >= 4 is 5.95 Å². The molecule has 0 saturated carbocycles. The number of anilines is 1. The SMILES string of the molecule is Cc1cnc(N2CCC3(CC2)C[C@@H](N(C)Cc2ccncc2)CO3)nc1. The summed E-state index contributed by atoms with van der Waals surface area (Å²) >= 11 is 0. The molecule has 1 atom stereocenters. The Morgan fingerprint density at radius 1 is 1.19 bits per heavy atom. The number of piperidine rings is 1. The Balaban J connectivity index is 1.33. The summed E-state index contributed by atoms with van der Waals surface area (Å²) in [6.07, 6.45) is 10.7. The fourth-order valence-corrected chi connectivity index (χ4v) is 4.02. The molecule has 2 aliphatic rings. The average molecular weight is 353 g/mol. The van der Waals surface area contributed by atoms with Crippen LogP contribution in [0, 0.1) is 6.92 Å². The largest absolute Gasteiger partial charge is 0.373 e. The minimum absolute atomic E-state index is 0.0262. The fraction of sp³-hybridized carbons (Fsp3) is 0.550. The van der Waals surface area contributed by atoms with Crippen LogP contribution in [-0.2, 0) is 11.3 Å². The molecule has 2 saturated heterocycles. The van der Waals surface area contributed by atoms with Gasteiger partial charge in [0.25, 0.3) is 0 Å². The van der Waals surface area contributed by atoms with Gasteiger partial charge in [-0.2, -0.15) is 0 Å². The third-order valence-corrected chi connectivity index (χ3v) is 5.72. The first-order valence-electron chi connectivity index (χ1n) is 9.40. The summed E-state index contributed by atoms with van der Waals surface area (Å²) in [5, 5.41) is 0. The molecule has 6 nitrogen and oxygen atoms in total. The lowest BCUT2D eigenvalue weighted by Crippen LogP contribution is -2.45. The van der Waals surface area contributed by atoms with E-state index in [1.54, 1.807) is 0 Å². The molecular formula is C20H27N5O. The molecule has 0 bridgehead atoms. The van der Waals surface area contributed by atoms with Crippen molar-refractivity contribution in [2.24, 2.45) is 0 Å². The van der Waals surface area contributed by atoms with Crippen LogP contribution in [0.1, 0.15) is 30.4 Å². The smallest absolute Gasteiger partial charge is 0.225 e. The highest BCUT2D eigenvalue weighted by Gasteiger charge is 2.44. The lowest BCUT2D eigenvalue weighted by Gasteiger charge is -2.39. The van der Waals surface area contributed by atoms with E-state index in [1.807, 2.05) is 31.7 Å². The molecular weight excluding hydrogens is 326 g/mol. The van der Waals surface area contributed by atoms with Gasteiger partial charge in [-0.05, 0) is 56.5 Å². The zero-order valence-corrected chi connectivity index (χ0v) is 15.6. The molecule has 0 aliphatic carbocycles. The number of hydrogen-bond donors (Lipinski definition) is 0. The number of pyridine rings is 1. The van der Waals surface area contributed by atoms with Crippen molar-refractivity contribution in [3.8, 4) is 0 Å². The Kier molecular flexibility index (Phi) is 4.87. The van der Waals surface area contributed by atoms with Gasteiger partial charge in [0.15, 0.2) is 0 Å². The van der Waals surface area contributed by atoms with E-state index in [0.717, 1.165) is 57.0 Å². The van der Waals surface area contributed by atoms with Crippen LogP contribution in [0.25, 0.3) is 0 Å². The summed E-state index contributed by atoms with van der Waals surface area (Å²) in [6.45, 7) is 5.70. The zero-order valence-electron chi connectivity index (χ0n) is 15.6. The molecule has 0 amide bonds. The highest BCUT2D eigenvalue weighted by Crippen LogP contribution is 2.38. The Bertz CT molecular complexity index is 713. The molecule has 0 N–H and O–H groups in total. The maximum atomic E-state index is 6.33. The summed E-state index contributed by atoms with van der Waals surface area (Å²) in [7, 11) is 2.20. The van der Waals surface area contributed by atoms with Crippen LogP contribution < -0.4 is 4.90 Å². The van der Waals surface area contributed by atoms with Crippen molar-refractivity contribution < 1.29 is 4.74 Å². The molecule has 4 heterocycles. The first-order chi connectivity index (χ1) is 12.6. The molecule has 6 heteroatoms. The predicted octanol–water partition coefficient (Wildman–Crippen LogP) is 2.44. The van der Waals surface area contributed by atoms with Gasteiger partial charge in [-0.15, -0.1) is 0 Å². The van der Waals surface area contributed by atoms with Gasteiger partial charge in [0.05, 0.1) is 12.2 Å². The molecule has 0 radical (unpaired) electrons. The van der Waals surface area contributed by atoms with E-state index >= 15 is 0 Å². The molecule has 0 unspecified atom stereocenters. The molecule has 4 rings (SSSR count). The van der Waals surface area contributed by atoms with E-state index in [1.165, 1.54) is 5.56 Å². The second kappa shape index (κ2) is 7.29. The minimum atomic E-state index is 0.0262. The highest BCUT2D eigenvalue weighted by molar-refractivity contribution is 5.31. The Labute approximate surface area is 155 Å². The van der Waals surface area contributed by atoms with E-state index < -0.39 is 0 Å². The van der Waals surface area contributed by atoms with Crippen LogP contribution >= 0.6 is 0 Å². The second-order valence-corrected chi connectivity index (χ2v) is 7.67. The zero-order chi connectivity index (χ0) is 18.0. The number of aryl methyl sites for hydroxylation is 1. The average Bonchev–Trinajstić information content (AvgIpc) is 3.08. The minimum Gasteiger partial charge on any atom is -0.373 e. The number of aromatic nitrogens is 3. The van der Waals surface area contributed by atoms with E-state index in [9.17, 15) is 0 Å². The van der Waals surface area contributed by atoms with Crippen LogP contribution in [-0.4, -0.2) is 58.2 Å². The van der Waals surface area contributed by atoms with Crippen LogP contribution in [0.2, 0.25) is 0 Å². The third-order valence-electron chi connectivity index (χ3n) is 5.72. The Morgan fingerprint density at radius 3 is 2.58 bits per heavy atom. The second-order valence-electron chi connectivity index (χ2n) is 7.67. The number of likely N-dealkylation sites (N-methyl/N-ethyl adjacent to an activating group) is 1. The summed E-state index contributed by atoms with van der Waals surface area (Å²) in [6, 6.07) is 4.65. The maximum Gasteiger partial charge on any atom is 0.225 e. The third kappa shape index (κ3) is 3.71. The van der Waals surface area contributed by atoms with E-state index in [4.69, 9.17) is 4.74 Å². The summed E-state index contributed by atoms with van der Waals surface area (Å²) in [5.74, 6) is 0.842. The van der Waals surface area contributed by atoms with Gasteiger partial charge >= 0.3 is 0 Å². The van der Waals surface area contributed by atoms with Crippen molar-refractivity contribution in [2.75, 3.05) is 31.6 Å². The van der Waals surface area contributed by atoms with Crippen LogP contribution in [0.3, 0.4) is 0 Å². The summed E-state index contributed by atoms with van der Waals surface area (Å²) < 4.78 is 6.33. The number of hydrogen-bond acceptors (Lipinski definition) is 6. The lowest BCUT2D eigenvalue weighted by atomic mass is 9.87. The van der Waals surface area contributed by atoms with E-state index in [2.05, 4.69) is 43.9 Å². The standard InChI is InChI=1S/C20H27N5O/c1-16-12-22-19(23-13-16)25-9-5-20(6-10-25)11-18(15-26-20)24(2)14-17-3-7-21-8-4-17/h3-4,7-8,12-13,18H,5-6,9-11,14-15H2,1-2H3/t18-/m1/s1. The molecule has 1 spiro atoms. The Hall–Kier alpha value is -2.05. The van der Waals surface area contributed by atoms with Crippen molar-refractivity contribution in [1.82, 2.24) is 19.9 Å². The number of nitrogens with zero attached hydrogens (tertiary/aromatic N) is 5. The summed E-state index contributed by atoms with van der Waals surface area (Å²) in [5.41, 5.74) is 2.43. The van der Waals surface area contributed by atoms with Gasteiger partial charge in [-0.3, -0.25) is 9.88 Å². The molecule has 2 fully saturated rings. The van der Waals surface area contributed by atoms with E-state index in [-0.39, 0.29) is 5.60 Å². The first kappa shape index (κ1) is 17.4. The number of ether oxygens (including phenoxy) is 1. The first-order valence-corrected chi connectivity index (χ1v) is 9.40. The molecule has 2 aromatic rings. The maximum absolute atomic E-state index is 6.33. The van der Waals surface area contributed by atoms with Crippen LogP contribution in [0.4, 0.5) is 5.95 Å². The van der Waals surface area contributed by atoms with Crippen molar-refractivity contribution in [1.29, 1.82) is 0 Å². The fourth-order valence-electron chi connectivity index (χ4n) is 4.02. The number of rotatable bonds is 4. The lowest BCUT2D eigenvalue weighted by molar-refractivity contribution is -0.0159. The quantitative estimate of drug-likeness (QED) is 0.842. The van der Waals surface area contributed by atoms with Crippen LogP contribution in [0.15, 0.2) is 36.9 Å². The van der Waals surface area contributed by atoms with Crippen molar-refractivity contribution in [2.45, 2.75) is 44.4 Å². The van der Waals surface area contributed by atoms with Crippen molar-refractivity contribution in [3.05, 3.63) is 48.0 Å². The van der Waals surface area contributed by atoms with Gasteiger partial charge < -0.3 is 9.64 Å². The van der Waals surface area contributed by atoms with Gasteiger partial charge in [0, 0.05) is 50.5 Å². The van der Waals surface area contributed by atoms with Gasteiger partial charge in [0.1, 0.15) is 0 Å². The molecule has 0 aromatic carbocycles. The highest BCUT2D eigenvalue weighted by atomic mass is 16.5. The van der Waals surface area contributed by atoms with Gasteiger partial charge in [-0.25, -0.2) is 9.97 Å². The van der Waals surface area contributed by atoms with Crippen molar-refractivity contribution in [3.63, 3.8) is 0 Å². The monoisotopic (exact) mass is 353 g/mol. The molecule has 26 heavy (non-hydrogen) atoms. The molecule has 2 aromatic heterocycles. The predicted molar refractivity (Wildman–Crippen MR) is 101 cm³/mol. The molecule has 2 aliphatic heterocycles. The Morgan fingerprint density at radius 2 is 1.88 bits per heavy atom. The van der Waals surface area contributed by atoms with E-state index in [0.29, 0.717) is 6.04 Å². The van der Waals surface area contributed by atoms with Crippen LogP contribution in [0.5, 0.6) is 0 Å². The topological polar surface area (TPSA) is 54.4 Å². The van der Waals surface area contributed by atoms with Gasteiger partial charge in [-0.1, -0.05) is 0 Å².